The average Bonchev–Trinajstić information content (AvgIpc) is 2.87. The van der Waals surface area contributed by atoms with Gasteiger partial charge in [0.25, 0.3) is 0 Å². The molecule has 1 saturated heterocycles. The Morgan fingerprint density at radius 2 is 2.30 bits per heavy atom. The molecule has 110 valence electrons. The predicted molar refractivity (Wildman–Crippen MR) is 77.7 cm³/mol. The van der Waals surface area contributed by atoms with E-state index in [1.807, 2.05) is 43.0 Å². The van der Waals surface area contributed by atoms with Crippen molar-refractivity contribution in [3.8, 4) is 5.75 Å². The van der Waals surface area contributed by atoms with Gasteiger partial charge in [0.1, 0.15) is 5.75 Å². The fourth-order valence-corrected chi connectivity index (χ4v) is 2.50. The molecule has 0 bridgehead atoms. The van der Waals surface area contributed by atoms with Gasteiger partial charge in [-0.05, 0) is 38.0 Å². The number of nitrogens with zero attached hydrogens (tertiary/aromatic N) is 1. The number of hydrogen-bond donors (Lipinski definition) is 1. The summed E-state index contributed by atoms with van der Waals surface area (Å²) < 4.78 is 5.64. The van der Waals surface area contributed by atoms with E-state index in [-0.39, 0.29) is 24.5 Å². The maximum Gasteiger partial charge on any atom is 0.227 e. The largest absolute Gasteiger partial charge is 0.491 e. The molecule has 2 rings (SSSR count). The standard InChI is InChI=1S/C16H23NO3/c1-12(2)20-15-5-3-4-13(8-15)9-16(19)17-7-6-14(10-17)11-18/h3-5,8,12,14,18H,6-7,9-11H2,1-2H3. The summed E-state index contributed by atoms with van der Waals surface area (Å²) in [7, 11) is 0. The number of carbonyl (C=O) groups is 1. The van der Waals surface area contributed by atoms with Gasteiger partial charge in [0.15, 0.2) is 0 Å². The van der Waals surface area contributed by atoms with Gasteiger partial charge in [0.05, 0.1) is 12.5 Å². The van der Waals surface area contributed by atoms with Crippen molar-refractivity contribution in [1.29, 1.82) is 0 Å². The van der Waals surface area contributed by atoms with E-state index in [0.717, 1.165) is 24.3 Å². The maximum atomic E-state index is 12.2. The van der Waals surface area contributed by atoms with Crippen LogP contribution >= 0.6 is 0 Å². The number of rotatable bonds is 5. The Morgan fingerprint density at radius 1 is 1.50 bits per heavy atom. The fourth-order valence-electron chi connectivity index (χ4n) is 2.50. The summed E-state index contributed by atoms with van der Waals surface area (Å²) in [5.41, 5.74) is 0.973. The highest BCUT2D eigenvalue weighted by Crippen LogP contribution is 2.19. The lowest BCUT2D eigenvalue weighted by Crippen LogP contribution is -2.30. The minimum Gasteiger partial charge on any atom is -0.491 e. The van der Waals surface area contributed by atoms with Gasteiger partial charge >= 0.3 is 0 Å². The monoisotopic (exact) mass is 277 g/mol. The number of aliphatic hydroxyl groups excluding tert-OH is 1. The molecule has 1 atom stereocenters. The molecule has 1 N–H and O–H groups in total. The molecule has 1 fully saturated rings. The van der Waals surface area contributed by atoms with Crippen molar-refractivity contribution in [2.24, 2.45) is 5.92 Å². The molecule has 0 radical (unpaired) electrons. The maximum absolute atomic E-state index is 12.2. The van der Waals surface area contributed by atoms with E-state index in [1.165, 1.54) is 0 Å². The first-order chi connectivity index (χ1) is 9.58. The molecule has 1 aliphatic heterocycles. The van der Waals surface area contributed by atoms with Crippen molar-refractivity contribution >= 4 is 5.91 Å². The number of aliphatic hydroxyl groups is 1. The first kappa shape index (κ1) is 14.9. The van der Waals surface area contributed by atoms with Crippen molar-refractivity contribution in [3.63, 3.8) is 0 Å². The summed E-state index contributed by atoms with van der Waals surface area (Å²) in [6, 6.07) is 7.70. The van der Waals surface area contributed by atoms with E-state index in [4.69, 9.17) is 9.84 Å². The molecule has 0 aliphatic carbocycles. The van der Waals surface area contributed by atoms with E-state index in [1.54, 1.807) is 0 Å². The Hall–Kier alpha value is -1.55. The molecule has 0 saturated carbocycles. The van der Waals surface area contributed by atoms with Gasteiger partial charge in [0, 0.05) is 25.6 Å². The molecule has 1 aromatic rings. The third-order valence-corrected chi connectivity index (χ3v) is 3.52. The number of carbonyl (C=O) groups excluding carboxylic acids is 1. The number of ether oxygens (including phenoxy) is 1. The van der Waals surface area contributed by atoms with E-state index in [2.05, 4.69) is 0 Å². The van der Waals surface area contributed by atoms with Gasteiger partial charge in [-0.1, -0.05) is 12.1 Å². The second-order valence-electron chi connectivity index (χ2n) is 5.67. The summed E-state index contributed by atoms with van der Waals surface area (Å²) in [6.07, 6.45) is 1.43. The molecule has 1 heterocycles. The van der Waals surface area contributed by atoms with Crippen LogP contribution in [0.15, 0.2) is 24.3 Å². The second kappa shape index (κ2) is 6.75. The summed E-state index contributed by atoms with van der Waals surface area (Å²) in [4.78, 5) is 14.1. The number of likely N-dealkylation sites (tertiary alicyclic amines) is 1. The highest BCUT2D eigenvalue weighted by Gasteiger charge is 2.25. The van der Waals surface area contributed by atoms with Gasteiger partial charge in [-0.25, -0.2) is 0 Å². The van der Waals surface area contributed by atoms with Crippen LogP contribution in [0.4, 0.5) is 0 Å². The minimum absolute atomic E-state index is 0.127. The zero-order chi connectivity index (χ0) is 14.5. The van der Waals surface area contributed by atoms with Crippen LogP contribution in [0.3, 0.4) is 0 Å². The Bertz CT molecular complexity index is 459. The van der Waals surface area contributed by atoms with Crippen LogP contribution in [0.5, 0.6) is 5.75 Å². The van der Waals surface area contributed by atoms with Gasteiger partial charge in [0.2, 0.25) is 5.91 Å². The van der Waals surface area contributed by atoms with E-state index in [9.17, 15) is 4.79 Å². The zero-order valence-electron chi connectivity index (χ0n) is 12.2. The van der Waals surface area contributed by atoms with Gasteiger partial charge in [-0.2, -0.15) is 0 Å². The number of amides is 1. The zero-order valence-corrected chi connectivity index (χ0v) is 12.2. The van der Waals surface area contributed by atoms with Crippen molar-refractivity contribution in [1.82, 2.24) is 4.90 Å². The lowest BCUT2D eigenvalue weighted by molar-refractivity contribution is -0.129. The molecular weight excluding hydrogens is 254 g/mol. The first-order valence-corrected chi connectivity index (χ1v) is 7.22. The van der Waals surface area contributed by atoms with Crippen molar-refractivity contribution < 1.29 is 14.6 Å². The molecule has 1 aliphatic rings. The second-order valence-corrected chi connectivity index (χ2v) is 5.67. The summed E-state index contributed by atoms with van der Waals surface area (Å²) in [6.45, 7) is 5.57. The Balaban J connectivity index is 1.94. The molecule has 0 spiro atoms. The molecule has 4 heteroatoms. The number of hydrogen-bond acceptors (Lipinski definition) is 3. The van der Waals surface area contributed by atoms with Gasteiger partial charge < -0.3 is 14.7 Å². The van der Waals surface area contributed by atoms with Crippen LogP contribution in [-0.2, 0) is 11.2 Å². The summed E-state index contributed by atoms with van der Waals surface area (Å²) in [5, 5.41) is 9.12. The highest BCUT2D eigenvalue weighted by atomic mass is 16.5. The third kappa shape index (κ3) is 3.97. The lowest BCUT2D eigenvalue weighted by atomic mass is 10.1. The SMILES string of the molecule is CC(C)Oc1cccc(CC(=O)N2CCC(CO)C2)c1. The molecule has 20 heavy (non-hydrogen) atoms. The smallest absolute Gasteiger partial charge is 0.227 e. The fraction of sp³-hybridized carbons (Fsp3) is 0.562. The summed E-state index contributed by atoms with van der Waals surface area (Å²) in [5.74, 6) is 1.18. The molecule has 1 amide bonds. The van der Waals surface area contributed by atoms with E-state index >= 15 is 0 Å². The van der Waals surface area contributed by atoms with Gasteiger partial charge in [-0.3, -0.25) is 4.79 Å². The van der Waals surface area contributed by atoms with Crippen LogP contribution in [0, 0.1) is 5.92 Å². The minimum atomic E-state index is 0.127. The van der Waals surface area contributed by atoms with E-state index < -0.39 is 0 Å². The topological polar surface area (TPSA) is 49.8 Å². The molecular formula is C16H23NO3. The van der Waals surface area contributed by atoms with Crippen LogP contribution < -0.4 is 4.74 Å². The van der Waals surface area contributed by atoms with Crippen molar-refractivity contribution in [2.45, 2.75) is 32.8 Å². The predicted octanol–water partition coefficient (Wildman–Crippen LogP) is 1.86. The molecule has 1 aromatic carbocycles. The Labute approximate surface area is 120 Å². The molecule has 0 aromatic heterocycles. The highest BCUT2D eigenvalue weighted by molar-refractivity contribution is 5.79. The van der Waals surface area contributed by atoms with Crippen LogP contribution in [0.25, 0.3) is 0 Å². The normalized spacial score (nSPS) is 18.6. The van der Waals surface area contributed by atoms with Gasteiger partial charge in [-0.15, -0.1) is 0 Å². The molecule has 4 nitrogen and oxygen atoms in total. The average molecular weight is 277 g/mol. The van der Waals surface area contributed by atoms with E-state index in [0.29, 0.717) is 13.0 Å². The van der Waals surface area contributed by atoms with Crippen molar-refractivity contribution in [2.75, 3.05) is 19.7 Å². The molecule has 1 unspecified atom stereocenters. The van der Waals surface area contributed by atoms with Crippen LogP contribution in [0.1, 0.15) is 25.8 Å². The quantitative estimate of drug-likeness (QED) is 0.893. The number of benzene rings is 1. The first-order valence-electron chi connectivity index (χ1n) is 7.22. The Morgan fingerprint density at radius 3 is 2.95 bits per heavy atom. The van der Waals surface area contributed by atoms with Crippen LogP contribution in [-0.4, -0.2) is 41.7 Å². The third-order valence-electron chi connectivity index (χ3n) is 3.52. The Kier molecular flexibility index (Phi) is 5.01. The summed E-state index contributed by atoms with van der Waals surface area (Å²) >= 11 is 0. The van der Waals surface area contributed by atoms with Crippen LogP contribution in [0.2, 0.25) is 0 Å². The lowest BCUT2D eigenvalue weighted by Gasteiger charge is -2.16. The van der Waals surface area contributed by atoms with Crippen molar-refractivity contribution in [3.05, 3.63) is 29.8 Å².